The number of hydrogen-bond acceptors (Lipinski definition) is 4. The van der Waals surface area contributed by atoms with E-state index in [1.54, 1.807) is 6.07 Å². The van der Waals surface area contributed by atoms with Crippen LogP contribution in [0.5, 0.6) is 5.75 Å². The van der Waals surface area contributed by atoms with Gasteiger partial charge in [0.15, 0.2) is 6.10 Å². The van der Waals surface area contributed by atoms with Crippen molar-refractivity contribution >= 4 is 10.0 Å². The molecule has 0 aliphatic carbocycles. The molecule has 1 rings (SSSR count). The minimum absolute atomic E-state index is 0.0415. The van der Waals surface area contributed by atoms with Crippen molar-refractivity contribution in [2.75, 3.05) is 0 Å². The third-order valence-electron chi connectivity index (χ3n) is 2.87. The zero-order valence-corrected chi connectivity index (χ0v) is 13.0. The molecule has 0 saturated heterocycles. The van der Waals surface area contributed by atoms with Crippen molar-refractivity contribution in [2.45, 2.75) is 50.5 Å². The summed E-state index contributed by atoms with van der Waals surface area (Å²) in [6.45, 7) is 7.67. The van der Waals surface area contributed by atoms with Crippen LogP contribution in [0.4, 0.5) is 0 Å². The van der Waals surface area contributed by atoms with Gasteiger partial charge in [0, 0.05) is 5.56 Å². The summed E-state index contributed by atoms with van der Waals surface area (Å²) in [6.07, 6.45) is -0.00626. The van der Waals surface area contributed by atoms with Crippen molar-refractivity contribution in [3.8, 4) is 11.8 Å². The first kappa shape index (κ1) is 16.5. The van der Waals surface area contributed by atoms with Gasteiger partial charge in [-0.1, -0.05) is 27.7 Å². The normalized spacial score (nSPS) is 13.6. The summed E-state index contributed by atoms with van der Waals surface area (Å²) < 4.78 is 28.5. The van der Waals surface area contributed by atoms with Crippen LogP contribution < -0.4 is 9.88 Å². The molecular weight excluding hydrogens is 276 g/mol. The number of rotatable bonds is 4. The van der Waals surface area contributed by atoms with E-state index in [1.165, 1.54) is 12.1 Å². The molecule has 0 radical (unpaired) electrons. The summed E-state index contributed by atoms with van der Waals surface area (Å²) >= 11 is 0. The van der Waals surface area contributed by atoms with Gasteiger partial charge in [-0.15, -0.1) is 0 Å². The van der Waals surface area contributed by atoms with E-state index in [0.717, 1.165) is 0 Å². The number of nitrogens with zero attached hydrogens (tertiary/aromatic N) is 1. The molecule has 1 aromatic carbocycles. The van der Waals surface area contributed by atoms with E-state index in [9.17, 15) is 8.42 Å². The van der Waals surface area contributed by atoms with Gasteiger partial charge in [-0.3, -0.25) is 0 Å². The van der Waals surface area contributed by atoms with E-state index in [0.29, 0.717) is 17.7 Å². The molecule has 1 atom stereocenters. The van der Waals surface area contributed by atoms with Crippen molar-refractivity contribution in [3.05, 3.63) is 23.8 Å². The van der Waals surface area contributed by atoms with Crippen molar-refractivity contribution < 1.29 is 13.2 Å². The highest BCUT2D eigenvalue weighted by atomic mass is 32.2. The highest BCUT2D eigenvalue weighted by molar-refractivity contribution is 7.89. The number of ether oxygens (including phenoxy) is 1. The molecule has 0 spiro atoms. The van der Waals surface area contributed by atoms with Gasteiger partial charge in [-0.05, 0) is 30.0 Å². The summed E-state index contributed by atoms with van der Waals surface area (Å²) in [5, 5.41) is 14.1. The molecule has 5 nitrogen and oxygen atoms in total. The van der Waals surface area contributed by atoms with Crippen LogP contribution in [0.15, 0.2) is 23.1 Å². The Balaban J connectivity index is 3.36. The van der Waals surface area contributed by atoms with E-state index < -0.39 is 16.1 Å². The first-order valence-electron chi connectivity index (χ1n) is 6.33. The highest BCUT2D eigenvalue weighted by Gasteiger charge is 2.23. The Bertz CT molecular complexity index is 625. The van der Waals surface area contributed by atoms with Gasteiger partial charge >= 0.3 is 0 Å². The van der Waals surface area contributed by atoms with Crippen LogP contribution in [0.1, 0.15) is 39.7 Å². The summed E-state index contributed by atoms with van der Waals surface area (Å²) in [5.74, 6) is 0.512. The first-order valence-corrected chi connectivity index (χ1v) is 7.87. The number of sulfonamides is 1. The van der Waals surface area contributed by atoms with Crippen molar-refractivity contribution in [1.82, 2.24) is 0 Å². The van der Waals surface area contributed by atoms with Crippen molar-refractivity contribution in [3.63, 3.8) is 0 Å². The second-order valence-electron chi connectivity index (χ2n) is 5.60. The maximum absolute atomic E-state index is 11.4. The minimum Gasteiger partial charge on any atom is -0.475 e. The molecule has 6 heteroatoms. The van der Waals surface area contributed by atoms with Crippen molar-refractivity contribution in [1.29, 1.82) is 5.26 Å². The lowest BCUT2D eigenvalue weighted by molar-refractivity contribution is 0.245. The highest BCUT2D eigenvalue weighted by Crippen LogP contribution is 2.33. The van der Waals surface area contributed by atoms with E-state index in [1.807, 2.05) is 27.7 Å². The zero-order valence-electron chi connectivity index (χ0n) is 12.2. The number of nitriles is 1. The Morgan fingerprint density at radius 2 is 2.00 bits per heavy atom. The third-order valence-corrected chi connectivity index (χ3v) is 3.78. The van der Waals surface area contributed by atoms with Crippen LogP contribution >= 0.6 is 0 Å². The maximum Gasteiger partial charge on any atom is 0.238 e. The van der Waals surface area contributed by atoms with Gasteiger partial charge in [0.25, 0.3) is 0 Å². The maximum atomic E-state index is 11.4. The van der Waals surface area contributed by atoms with Crippen LogP contribution in [-0.2, 0) is 15.4 Å². The summed E-state index contributed by atoms with van der Waals surface area (Å²) in [6, 6.07) is 6.52. The second kappa shape index (κ2) is 5.81. The third kappa shape index (κ3) is 3.95. The van der Waals surface area contributed by atoms with Gasteiger partial charge in [0.1, 0.15) is 11.8 Å². The van der Waals surface area contributed by atoms with Crippen LogP contribution in [0.3, 0.4) is 0 Å². The Labute approximate surface area is 120 Å². The number of primary sulfonamides is 1. The predicted molar refractivity (Wildman–Crippen MR) is 76.8 cm³/mol. The summed E-state index contributed by atoms with van der Waals surface area (Å²) in [7, 11) is -3.76. The van der Waals surface area contributed by atoms with Crippen LogP contribution in [0.25, 0.3) is 0 Å². The number of benzene rings is 1. The van der Waals surface area contributed by atoms with Crippen LogP contribution in [-0.4, -0.2) is 14.5 Å². The average molecular weight is 296 g/mol. The van der Waals surface area contributed by atoms with Gasteiger partial charge in [0.2, 0.25) is 10.0 Å². The van der Waals surface area contributed by atoms with Crippen LogP contribution in [0.2, 0.25) is 0 Å². The standard InChI is InChI=1S/C14H20N2O3S/c1-5-10(9-15)19-13-7-6-11(20(16,17)18)8-12(13)14(2,3)4/h6-8,10H,5H2,1-4H3,(H2,16,17,18). The SMILES string of the molecule is CCC(C#N)Oc1ccc(S(N)(=O)=O)cc1C(C)(C)C. The van der Waals surface area contributed by atoms with E-state index in [-0.39, 0.29) is 10.3 Å². The lowest BCUT2D eigenvalue weighted by Gasteiger charge is -2.24. The minimum atomic E-state index is -3.76. The first-order chi connectivity index (χ1) is 9.09. The van der Waals surface area contributed by atoms with E-state index >= 15 is 0 Å². The Kier molecular flexibility index (Phi) is 4.79. The number of nitrogens with two attached hydrogens (primary N) is 1. The molecule has 0 heterocycles. The molecule has 20 heavy (non-hydrogen) atoms. The molecule has 1 unspecified atom stereocenters. The fourth-order valence-electron chi connectivity index (χ4n) is 1.73. The molecule has 1 aromatic rings. The van der Waals surface area contributed by atoms with E-state index in [4.69, 9.17) is 15.1 Å². The Morgan fingerprint density at radius 1 is 1.40 bits per heavy atom. The lowest BCUT2D eigenvalue weighted by Crippen LogP contribution is -2.20. The largest absolute Gasteiger partial charge is 0.475 e. The molecule has 0 aromatic heterocycles. The number of hydrogen-bond donors (Lipinski definition) is 1. The Morgan fingerprint density at radius 3 is 2.40 bits per heavy atom. The lowest BCUT2D eigenvalue weighted by atomic mass is 9.86. The molecule has 0 aliphatic heterocycles. The predicted octanol–water partition coefficient (Wildman–Crippen LogP) is 2.31. The summed E-state index contributed by atoms with van der Waals surface area (Å²) in [4.78, 5) is 0.0415. The molecular formula is C14H20N2O3S. The van der Waals surface area contributed by atoms with Gasteiger partial charge in [0.05, 0.1) is 4.90 Å². The topological polar surface area (TPSA) is 93.2 Å². The van der Waals surface area contributed by atoms with Crippen molar-refractivity contribution in [2.24, 2.45) is 5.14 Å². The molecule has 0 fully saturated rings. The second-order valence-corrected chi connectivity index (χ2v) is 7.16. The molecule has 110 valence electrons. The zero-order chi connectivity index (χ0) is 15.6. The van der Waals surface area contributed by atoms with Gasteiger partial charge in [-0.25, -0.2) is 13.6 Å². The molecule has 0 amide bonds. The molecule has 0 saturated carbocycles. The Hall–Kier alpha value is -1.58. The smallest absolute Gasteiger partial charge is 0.238 e. The van der Waals surface area contributed by atoms with Crippen LogP contribution in [0, 0.1) is 11.3 Å². The monoisotopic (exact) mass is 296 g/mol. The molecule has 0 bridgehead atoms. The van der Waals surface area contributed by atoms with Gasteiger partial charge in [-0.2, -0.15) is 5.26 Å². The summed E-state index contributed by atoms with van der Waals surface area (Å²) in [5.41, 5.74) is 0.377. The van der Waals surface area contributed by atoms with Gasteiger partial charge < -0.3 is 4.74 Å². The average Bonchev–Trinajstić information content (AvgIpc) is 2.33. The fraction of sp³-hybridized carbons (Fsp3) is 0.500. The quantitative estimate of drug-likeness (QED) is 0.922. The molecule has 0 aliphatic rings. The molecule has 2 N–H and O–H groups in total. The van der Waals surface area contributed by atoms with E-state index in [2.05, 4.69) is 6.07 Å². The fourth-order valence-corrected chi connectivity index (χ4v) is 2.27.